The standard InChI is InChI=1S/C20H22N4O/c1-14-19(15(2)24(3)23-14)20(25)22-18(16-9-5-4-6-10-16)13-17-11-7-8-12-21-17/h4-12,18H,13H2,1-3H3,(H,22,25)/t18-/m0/s1. The van der Waals surface area contributed by atoms with E-state index in [2.05, 4.69) is 15.4 Å². The predicted octanol–water partition coefficient (Wildman–Crippen LogP) is 3.15. The zero-order chi connectivity index (χ0) is 17.8. The van der Waals surface area contributed by atoms with E-state index in [1.165, 1.54) is 0 Å². The molecule has 0 radical (unpaired) electrons. The Morgan fingerprint density at radius 2 is 1.84 bits per heavy atom. The van der Waals surface area contributed by atoms with E-state index >= 15 is 0 Å². The van der Waals surface area contributed by atoms with E-state index in [9.17, 15) is 4.79 Å². The first kappa shape index (κ1) is 16.9. The lowest BCUT2D eigenvalue weighted by molar-refractivity contribution is 0.0935. The van der Waals surface area contributed by atoms with Gasteiger partial charge in [-0.15, -0.1) is 0 Å². The van der Waals surface area contributed by atoms with E-state index in [0.29, 0.717) is 12.0 Å². The van der Waals surface area contributed by atoms with E-state index in [-0.39, 0.29) is 11.9 Å². The number of pyridine rings is 1. The third-order valence-electron chi connectivity index (χ3n) is 4.38. The van der Waals surface area contributed by atoms with Gasteiger partial charge in [0.25, 0.3) is 5.91 Å². The van der Waals surface area contributed by atoms with Crippen LogP contribution in [0.4, 0.5) is 0 Å². The van der Waals surface area contributed by atoms with Crippen LogP contribution in [0.3, 0.4) is 0 Å². The summed E-state index contributed by atoms with van der Waals surface area (Å²) in [4.78, 5) is 17.3. The Bertz CT molecular complexity index is 856. The van der Waals surface area contributed by atoms with Crippen molar-refractivity contribution < 1.29 is 4.79 Å². The van der Waals surface area contributed by atoms with Crippen LogP contribution in [0.15, 0.2) is 54.7 Å². The Kier molecular flexibility index (Phi) is 4.93. The summed E-state index contributed by atoms with van der Waals surface area (Å²) in [6.45, 7) is 3.77. The first-order valence-corrected chi connectivity index (χ1v) is 8.32. The molecular formula is C20H22N4O. The number of nitrogens with zero attached hydrogens (tertiary/aromatic N) is 3. The number of aryl methyl sites for hydroxylation is 2. The van der Waals surface area contributed by atoms with Crippen molar-refractivity contribution in [2.45, 2.75) is 26.3 Å². The summed E-state index contributed by atoms with van der Waals surface area (Å²) in [6, 6.07) is 15.7. The summed E-state index contributed by atoms with van der Waals surface area (Å²) in [5.41, 5.74) is 4.24. The van der Waals surface area contributed by atoms with Crippen molar-refractivity contribution in [2.75, 3.05) is 0 Å². The van der Waals surface area contributed by atoms with E-state index < -0.39 is 0 Å². The predicted molar refractivity (Wildman–Crippen MR) is 97.3 cm³/mol. The summed E-state index contributed by atoms with van der Waals surface area (Å²) >= 11 is 0. The number of aromatic nitrogens is 3. The largest absolute Gasteiger partial charge is 0.345 e. The van der Waals surface area contributed by atoms with Crippen LogP contribution in [0.1, 0.15) is 39.0 Å². The Morgan fingerprint density at radius 3 is 2.44 bits per heavy atom. The van der Waals surface area contributed by atoms with Crippen molar-refractivity contribution in [1.82, 2.24) is 20.1 Å². The molecule has 1 N–H and O–H groups in total. The summed E-state index contributed by atoms with van der Waals surface area (Å²) in [5.74, 6) is -0.104. The molecule has 1 amide bonds. The van der Waals surface area contributed by atoms with Gasteiger partial charge in [0.2, 0.25) is 0 Å². The minimum atomic E-state index is -0.150. The summed E-state index contributed by atoms with van der Waals surface area (Å²) < 4.78 is 1.74. The number of hydrogen-bond acceptors (Lipinski definition) is 3. The topological polar surface area (TPSA) is 59.8 Å². The van der Waals surface area contributed by atoms with Gasteiger partial charge in [0.05, 0.1) is 17.3 Å². The normalized spacial score (nSPS) is 12.0. The van der Waals surface area contributed by atoms with Crippen LogP contribution in [-0.2, 0) is 13.5 Å². The smallest absolute Gasteiger partial charge is 0.255 e. The minimum absolute atomic E-state index is 0.104. The molecule has 0 aliphatic rings. The summed E-state index contributed by atoms with van der Waals surface area (Å²) in [6.07, 6.45) is 2.41. The Morgan fingerprint density at radius 1 is 1.12 bits per heavy atom. The average molecular weight is 334 g/mol. The van der Waals surface area contributed by atoms with Crippen molar-refractivity contribution in [3.05, 3.63) is 82.9 Å². The monoisotopic (exact) mass is 334 g/mol. The lowest BCUT2D eigenvalue weighted by atomic mass is 10.0. The molecule has 1 aromatic carbocycles. The molecule has 5 heteroatoms. The third-order valence-corrected chi connectivity index (χ3v) is 4.38. The van der Waals surface area contributed by atoms with Gasteiger partial charge in [-0.05, 0) is 31.5 Å². The number of carbonyl (C=O) groups is 1. The molecule has 3 aromatic rings. The van der Waals surface area contributed by atoms with Crippen molar-refractivity contribution in [2.24, 2.45) is 7.05 Å². The van der Waals surface area contributed by atoms with E-state index in [0.717, 1.165) is 22.6 Å². The maximum Gasteiger partial charge on any atom is 0.255 e. The summed E-state index contributed by atoms with van der Waals surface area (Å²) in [5, 5.41) is 7.50. The number of amides is 1. The van der Waals surface area contributed by atoms with E-state index in [1.807, 2.05) is 69.4 Å². The molecule has 128 valence electrons. The van der Waals surface area contributed by atoms with Gasteiger partial charge in [-0.3, -0.25) is 14.5 Å². The lowest BCUT2D eigenvalue weighted by Crippen LogP contribution is -2.31. The second kappa shape index (κ2) is 7.30. The molecule has 0 aliphatic carbocycles. The molecule has 0 saturated carbocycles. The number of rotatable bonds is 5. The van der Waals surface area contributed by atoms with Crippen molar-refractivity contribution >= 4 is 5.91 Å². The van der Waals surface area contributed by atoms with Crippen LogP contribution < -0.4 is 5.32 Å². The van der Waals surface area contributed by atoms with Gasteiger partial charge < -0.3 is 5.32 Å². The molecule has 0 spiro atoms. The molecular weight excluding hydrogens is 312 g/mol. The second-order valence-electron chi connectivity index (χ2n) is 6.13. The highest BCUT2D eigenvalue weighted by Crippen LogP contribution is 2.20. The average Bonchev–Trinajstić information content (AvgIpc) is 2.88. The Labute approximate surface area is 147 Å². The van der Waals surface area contributed by atoms with Crippen LogP contribution >= 0.6 is 0 Å². The van der Waals surface area contributed by atoms with Crippen molar-refractivity contribution in [3.63, 3.8) is 0 Å². The number of benzene rings is 1. The zero-order valence-corrected chi connectivity index (χ0v) is 14.7. The fraction of sp³-hybridized carbons (Fsp3) is 0.250. The zero-order valence-electron chi connectivity index (χ0n) is 14.7. The van der Waals surface area contributed by atoms with Gasteiger partial charge in [-0.25, -0.2) is 0 Å². The number of carbonyl (C=O) groups excluding carboxylic acids is 1. The molecule has 1 atom stereocenters. The van der Waals surface area contributed by atoms with Crippen LogP contribution in [0.2, 0.25) is 0 Å². The van der Waals surface area contributed by atoms with Crippen LogP contribution in [-0.4, -0.2) is 20.7 Å². The van der Waals surface area contributed by atoms with Crippen LogP contribution in [0, 0.1) is 13.8 Å². The summed E-state index contributed by atoms with van der Waals surface area (Å²) in [7, 11) is 1.85. The second-order valence-corrected chi connectivity index (χ2v) is 6.13. The fourth-order valence-corrected chi connectivity index (χ4v) is 3.00. The van der Waals surface area contributed by atoms with Gasteiger partial charge in [-0.1, -0.05) is 36.4 Å². The number of nitrogens with one attached hydrogen (secondary N) is 1. The van der Waals surface area contributed by atoms with Crippen LogP contribution in [0.25, 0.3) is 0 Å². The van der Waals surface area contributed by atoms with Gasteiger partial charge in [0.1, 0.15) is 0 Å². The highest BCUT2D eigenvalue weighted by atomic mass is 16.1. The molecule has 0 bridgehead atoms. The SMILES string of the molecule is Cc1nn(C)c(C)c1C(=O)N[C@@H](Cc1ccccn1)c1ccccc1. The molecule has 2 aromatic heterocycles. The highest BCUT2D eigenvalue weighted by Gasteiger charge is 2.22. The van der Waals surface area contributed by atoms with Crippen molar-refractivity contribution in [3.8, 4) is 0 Å². The molecule has 0 aliphatic heterocycles. The molecule has 0 unspecified atom stereocenters. The Balaban J connectivity index is 1.88. The van der Waals surface area contributed by atoms with Gasteiger partial charge in [-0.2, -0.15) is 5.10 Å². The maximum atomic E-state index is 12.9. The molecule has 0 saturated heterocycles. The van der Waals surface area contributed by atoms with E-state index in [4.69, 9.17) is 0 Å². The van der Waals surface area contributed by atoms with E-state index in [1.54, 1.807) is 10.9 Å². The minimum Gasteiger partial charge on any atom is -0.345 e. The number of hydrogen-bond donors (Lipinski definition) is 1. The first-order valence-electron chi connectivity index (χ1n) is 8.32. The molecule has 5 nitrogen and oxygen atoms in total. The first-order chi connectivity index (χ1) is 12.1. The lowest BCUT2D eigenvalue weighted by Gasteiger charge is -2.19. The van der Waals surface area contributed by atoms with Gasteiger partial charge in [0.15, 0.2) is 0 Å². The molecule has 25 heavy (non-hydrogen) atoms. The molecule has 3 rings (SSSR count). The molecule has 2 heterocycles. The third kappa shape index (κ3) is 3.76. The van der Waals surface area contributed by atoms with Crippen LogP contribution in [0.5, 0.6) is 0 Å². The molecule has 0 fully saturated rings. The Hall–Kier alpha value is -2.95. The fourth-order valence-electron chi connectivity index (χ4n) is 3.00. The van der Waals surface area contributed by atoms with Gasteiger partial charge in [0, 0.05) is 31.1 Å². The van der Waals surface area contributed by atoms with Gasteiger partial charge >= 0.3 is 0 Å². The highest BCUT2D eigenvalue weighted by molar-refractivity contribution is 5.96. The van der Waals surface area contributed by atoms with Crippen molar-refractivity contribution in [1.29, 1.82) is 0 Å². The maximum absolute atomic E-state index is 12.9. The quantitative estimate of drug-likeness (QED) is 0.780.